The lowest BCUT2D eigenvalue weighted by Gasteiger charge is -2.30. The monoisotopic (exact) mass is 242 g/mol. The van der Waals surface area contributed by atoms with E-state index in [-0.39, 0.29) is 5.97 Å². The van der Waals surface area contributed by atoms with Crippen LogP contribution in [-0.4, -0.2) is 49.2 Å². The molecule has 0 bridgehead atoms. The summed E-state index contributed by atoms with van der Waals surface area (Å²) in [6, 6.07) is 0.651. The van der Waals surface area contributed by atoms with Gasteiger partial charge < -0.3 is 15.0 Å². The van der Waals surface area contributed by atoms with Crippen molar-refractivity contribution in [3.63, 3.8) is 0 Å². The zero-order valence-electron chi connectivity index (χ0n) is 11.6. The number of likely N-dealkylation sites (N-methyl/N-ethyl adjacent to an activating group) is 1. The minimum Gasteiger partial charge on any atom is -0.465 e. The Labute approximate surface area is 105 Å². The molecule has 0 radical (unpaired) electrons. The van der Waals surface area contributed by atoms with E-state index in [1.165, 1.54) is 12.8 Å². The van der Waals surface area contributed by atoms with Crippen molar-refractivity contribution in [2.45, 2.75) is 51.6 Å². The van der Waals surface area contributed by atoms with Crippen LogP contribution in [0.5, 0.6) is 0 Å². The van der Waals surface area contributed by atoms with Crippen molar-refractivity contribution < 1.29 is 9.53 Å². The number of hydrogen-bond donors (Lipinski definition) is 1. The molecule has 100 valence electrons. The van der Waals surface area contributed by atoms with Crippen LogP contribution < -0.4 is 5.32 Å². The van der Waals surface area contributed by atoms with Crippen LogP contribution >= 0.6 is 0 Å². The maximum absolute atomic E-state index is 11.9. The van der Waals surface area contributed by atoms with Crippen LogP contribution in [0.1, 0.15) is 40.0 Å². The highest BCUT2D eigenvalue weighted by Gasteiger charge is 2.34. The summed E-state index contributed by atoms with van der Waals surface area (Å²) in [4.78, 5) is 14.3. The Morgan fingerprint density at radius 3 is 2.76 bits per heavy atom. The number of likely N-dealkylation sites (tertiary alicyclic amines) is 1. The van der Waals surface area contributed by atoms with Gasteiger partial charge in [0.1, 0.15) is 5.54 Å². The van der Waals surface area contributed by atoms with Gasteiger partial charge in [-0.2, -0.15) is 0 Å². The molecular formula is C13H26N2O2. The van der Waals surface area contributed by atoms with E-state index in [0.717, 1.165) is 19.5 Å². The van der Waals surface area contributed by atoms with Gasteiger partial charge in [0.2, 0.25) is 0 Å². The smallest absolute Gasteiger partial charge is 0.326 e. The van der Waals surface area contributed by atoms with E-state index in [2.05, 4.69) is 17.1 Å². The Morgan fingerprint density at radius 1 is 1.59 bits per heavy atom. The first-order valence-corrected chi connectivity index (χ1v) is 6.63. The maximum Gasteiger partial charge on any atom is 0.326 e. The summed E-state index contributed by atoms with van der Waals surface area (Å²) in [5, 5.41) is 3.10. The lowest BCUT2D eigenvalue weighted by atomic mass is 9.98. The number of esters is 1. The first-order chi connectivity index (χ1) is 8.03. The molecule has 0 spiro atoms. The van der Waals surface area contributed by atoms with Crippen molar-refractivity contribution in [1.82, 2.24) is 10.2 Å². The molecule has 1 N–H and O–H groups in total. The van der Waals surface area contributed by atoms with Crippen LogP contribution in [0.3, 0.4) is 0 Å². The summed E-state index contributed by atoms with van der Waals surface area (Å²) in [7, 11) is 1.82. The van der Waals surface area contributed by atoms with E-state index >= 15 is 0 Å². The van der Waals surface area contributed by atoms with E-state index in [4.69, 9.17) is 4.74 Å². The molecule has 2 unspecified atom stereocenters. The van der Waals surface area contributed by atoms with Crippen molar-refractivity contribution in [3.05, 3.63) is 0 Å². The molecule has 1 aliphatic rings. The molecular weight excluding hydrogens is 216 g/mol. The standard InChI is InChI=1S/C13H26N2O2/c1-5-17-12(16)13(3,14-4)8-10-15-9-6-7-11(15)2/h11,14H,5-10H2,1-4H3. The van der Waals surface area contributed by atoms with Gasteiger partial charge in [0.05, 0.1) is 6.61 Å². The SMILES string of the molecule is CCOC(=O)C(C)(CCN1CCCC1C)NC. The molecule has 4 nitrogen and oxygen atoms in total. The number of carbonyl (C=O) groups is 1. The molecule has 1 rings (SSSR count). The molecule has 1 fully saturated rings. The molecule has 0 aromatic heterocycles. The number of carbonyl (C=O) groups excluding carboxylic acids is 1. The van der Waals surface area contributed by atoms with E-state index in [1.54, 1.807) is 0 Å². The molecule has 0 aromatic carbocycles. The first kappa shape index (κ1) is 14.5. The van der Waals surface area contributed by atoms with E-state index in [9.17, 15) is 4.79 Å². The Hall–Kier alpha value is -0.610. The van der Waals surface area contributed by atoms with Crippen LogP contribution in [0.15, 0.2) is 0 Å². The summed E-state index contributed by atoms with van der Waals surface area (Å²) < 4.78 is 5.12. The number of nitrogens with zero attached hydrogens (tertiary/aromatic N) is 1. The van der Waals surface area contributed by atoms with Crippen LogP contribution in [0.25, 0.3) is 0 Å². The zero-order valence-corrected chi connectivity index (χ0v) is 11.6. The minimum atomic E-state index is -0.557. The summed E-state index contributed by atoms with van der Waals surface area (Å²) in [5.74, 6) is -0.144. The molecule has 0 amide bonds. The van der Waals surface area contributed by atoms with E-state index in [0.29, 0.717) is 12.6 Å². The lowest BCUT2D eigenvalue weighted by Crippen LogP contribution is -2.50. The summed E-state index contributed by atoms with van der Waals surface area (Å²) in [6.45, 7) is 8.58. The third-order valence-corrected chi connectivity index (χ3v) is 3.87. The summed E-state index contributed by atoms with van der Waals surface area (Å²) >= 11 is 0. The lowest BCUT2D eigenvalue weighted by molar-refractivity contribution is -0.150. The van der Waals surface area contributed by atoms with Gasteiger partial charge in [0.15, 0.2) is 0 Å². The van der Waals surface area contributed by atoms with Crippen molar-refractivity contribution >= 4 is 5.97 Å². The molecule has 2 atom stereocenters. The predicted octanol–water partition coefficient (Wildman–Crippen LogP) is 1.40. The molecule has 0 aliphatic carbocycles. The van der Waals surface area contributed by atoms with E-state index in [1.807, 2.05) is 20.9 Å². The number of hydrogen-bond acceptors (Lipinski definition) is 4. The third-order valence-electron chi connectivity index (χ3n) is 3.87. The number of nitrogens with one attached hydrogen (secondary N) is 1. The Balaban J connectivity index is 2.47. The van der Waals surface area contributed by atoms with Gasteiger partial charge in [0, 0.05) is 12.6 Å². The van der Waals surface area contributed by atoms with Gasteiger partial charge in [0.25, 0.3) is 0 Å². The quantitative estimate of drug-likeness (QED) is 0.715. The highest BCUT2D eigenvalue weighted by molar-refractivity contribution is 5.80. The molecule has 1 heterocycles. The van der Waals surface area contributed by atoms with E-state index < -0.39 is 5.54 Å². The van der Waals surface area contributed by atoms with Gasteiger partial charge in [-0.05, 0) is 53.6 Å². The molecule has 0 aromatic rings. The number of ether oxygens (including phenoxy) is 1. The van der Waals surface area contributed by atoms with Gasteiger partial charge >= 0.3 is 5.97 Å². The summed E-state index contributed by atoms with van der Waals surface area (Å²) in [6.07, 6.45) is 3.35. The van der Waals surface area contributed by atoms with Gasteiger partial charge in [-0.1, -0.05) is 0 Å². The van der Waals surface area contributed by atoms with Crippen LogP contribution in [0, 0.1) is 0 Å². The Kier molecular flexibility index (Phi) is 5.40. The third kappa shape index (κ3) is 3.68. The molecule has 0 saturated carbocycles. The van der Waals surface area contributed by atoms with Crippen molar-refractivity contribution in [3.8, 4) is 0 Å². The fourth-order valence-corrected chi connectivity index (χ4v) is 2.31. The highest BCUT2D eigenvalue weighted by atomic mass is 16.5. The van der Waals surface area contributed by atoms with Gasteiger partial charge in [-0.25, -0.2) is 0 Å². The second kappa shape index (κ2) is 6.36. The molecule has 1 aliphatic heterocycles. The fraction of sp³-hybridized carbons (Fsp3) is 0.923. The normalized spacial score (nSPS) is 24.6. The first-order valence-electron chi connectivity index (χ1n) is 6.63. The van der Waals surface area contributed by atoms with Crippen LogP contribution in [-0.2, 0) is 9.53 Å². The predicted molar refractivity (Wildman–Crippen MR) is 69.0 cm³/mol. The highest BCUT2D eigenvalue weighted by Crippen LogP contribution is 2.19. The van der Waals surface area contributed by atoms with Crippen LogP contribution in [0.2, 0.25) is 0 Å². The van der Waals surface area contributed by atoms with Crippen molar-refractivity contribution in [2.24, 2.45) is 0 Å². The second-order valence-corrected chi connectivity index (χ2v) is 5.08. The fourth-order valence-electron chi connectivity index (χ4n) is 2.31. The molecule has 17 heavy (non-hydrogen) atoms. The average Bonchev–Trinajstić information content (AvgIpc) is 2.72. The minimum absolute atomic E-state index is 0.144. The summed E-state index contributed by atoms with van der Waals surface area (Å²) in [5.41, 5.74) is -0.557. The Morgan fingerprint density at radius 2 is 2.29 bits per heavy atom. The van der Waals surface area contributed by atoms with Crippen molar-refractivity contribution in [2.75, 3.05) is 26.7 Å². The molecule has 4 heteroatoms. The Bertz CT molecular complexity index is 258. The topological polar surface area (TPSA) is 41.6 Å². The number of rotatable bonds is 6. The van der Waals surface area contributed by atoms with Crippen LogP contribution in [0.4, 0.5) is 0 Å². The maximum atomic E-state index is 11.9. The van der Waals surface area contributed by atoms with Crippen molar-refractivity contribution in [1.29, 1.82) is 0 Å². The van der Waals surface area contributed by atoms with Gasteiger partial charge in [-0.15, -0.1) is 0 Å². The van der Waals surface area contributed by atoms with Gasteiger partial charge in [-0.3, -0.25) is 4.79 Å². The molecule has 1 saturated heterocycles. The second-order valence-electron chi connectivity index (χ2n) is 5.08. The average molecular weight is 242 g/mol. The largest absolute Gasteiger partial charge is 0.465 e. The zero-order chi connectivity index (χ0) is 12.9.